The molecule has 0 fully saturated rings. The number of nitrogens with one attached hydrogen (secondary N) is 1. The van der Waals surface area contributed by atoms with Crippen LogP contribution >= 0.6 is 35.0 Å². The zero-order chi connectivity index (χ0) is 16.7. The fraction of sp³-hybridized carbons (Fsp3) is 0.263. The topological polar surface area (TPSA) is 12.0 Å². The molecule has 0 amide bonds. The van der Waals surface area contributed by atoms with E-state index in [1.807, 2.05) is 12.1 Å². The quantitative estimate of drug-likeness (QED) is 0.456. The van der Waals surface area contributed by atoms with E-state index in [1.54, 1.807) is 17.8 Å². The van der Waals surface area contributed by atoms with Gasteiger partial charge < -0.3 is 5.32 Å². The molecular weight excluding hydrogens is 345 g/mol. The van der Waals surface area contributed by atoms with Crippen molar-refractivity contribution in [3.63, 3.8) is 0 Å². The van der Waals surface area contributed by atoms with Crippen LogP contribution in [0.25, 0.3) is 5.57 Å². The predicted molar refractivity (Wildman–Crippen MR) is 105 cm³/mol. The van der Waals surface area contributed by atoms with Gasteiger partial charge in [0.1, 0.15) is 0 Å². The number of halogens is 2. The molecule has 0 aromatic heterocycles. The average molecular weight is 366 g/mol. The summed E-state index contributed by atoms with van der Waals surface area (Å²) in [7, 11) is 0. The smallest absolute Gasteiger partial charge is 0.0461 e. The standard InChI is InChI=1S/C19H21Cl2NS/c1-3-22-11-10-14(2)15-5-8-18(9-6-15)23-13-16-4-7-17(20)12-19(16)21/h4-10,12,22H,3,11,13H2,1-2H3. The van der Waals surface area contributed by atoms with Crippen LogP contribution in [0, 0.1) is 0 Å². The summed E-state index contributed by atoms with van der Waals surface area (Å²) >= 11 is 13.9. The van der Waals surface area contributed by atoms with Gasteiger partial charge in [-0.15, -0.1) is 11.8 Å². The molecule has 2 aromatic carbocycles. The van der Waals surface area contributed by atoms with Gasteiger partial charge in [-0.1, -0.05) is 54.4 Å². The van der Waals surface area contributed by atoms with E-state index in [0.717, 1.165) is 29.4 Å². The van der Waals surface area contributed by atoms with E-state index in [-0.39, 0.29) is 0 Å². The van der Waals surface area contributed by atoms with E-state index in [2.05, 4.69) is 49.5 Å². The Bertz CT molecular complexity index is 666. The molecule has 0 spiro atoms. The molecular formula is C19H21Cl2NS. The number of hydrogen-bond acceptors (Lipinski definition) is 2. The third kappa shape index (κ3) is 5.89. The number of benzene rings is 2. The summed E-state index contributed by atoms with van der Waals surface area (Å²) < 4.78 is 0. The summed E-state index contributed by atoms with van der Waals surface area (Å²) in [6.45, 7) is 6.16. The van der Waals surface area contributed by atoms with Gasteiger partial charge in [0.15, 0.2) is 0 Å². The number of thioether (sulfide) groups is 1. The molecule has 23 heavy (non-hydrogen) atoms. The van der Waals surface area contributed by atoms with Gasteiger partial charge in [-0.05, 0) is 54.4 Å². The summed E-state index contributed by atoms with van der Waals surface area (Å²) in [4.78, 5) is 1.24. The summed E-state index contributed by atoms with van der Waals surface area (Å²) in [6.07, 6.45) is 2.22. The second-order valence-corrected chi connectivity index (χ2v) is 7.14. The van der Waals surface area contributed by atoms with Gasteiger partial charge in [0.05, 0.1) is 0 Å². The van der Waals surface area contributed by atoms with Crippen LogP contribution in [0.2, 0.25) is 10.0 Å². The first-order valence-electron chi connectivity index (χ1n) is 7.64. The van der Waals surface area contributed by atoms with Crippen LogP contribution in [-0.4, -0.2) is 13.1 Å². The van der Waals surface area contributed by atoms with Gasteiger partial charge in [0.25, 0.3) is 0 Å². The van der Waals surface area contributed by atoms with Crippen LogP contribution in [0.4, 0.5) is 0 Å². The number of allylic oxidation sites excluding steroid dienone is 1. The second-order valence-electron chi connectivity index (χ2n) is 5.24. The third-order valence-electron chi connectivity index (χ3n) is 3.52. The minimum absolute atomic E-state index is 0.674. The molecule has 122 valence electrons. The predicted octanol–water partition coefficient (Wildman–Crippen LogP) is 6.30. The Kier molecular flexibility index (Phi) is 7.51. The van der Waals surface area contributed by atoms with Crippen LogP contribution in [0.1, 0.15) is 25.0 Å². The fourth-order valence-electron chi connectivity index (χ4n) is 2.10. The summed E-state index contributed by atoms with van der Waals surface area (Å²) in [5.74, 6) is 0.838. The van der Waals surface area contributed by atoms with Gasteiger partial charge in [-0.25, -0.2) is 0 Å². The lowest BCUT2D eigenvalue weighted by Crippen LogP contribution is -2.11. The van der Waals surface area contributed by atoms with Crippen molar-refractivity contribution in [2.45, 2.75) is 24.5 Å². The highest BCUT2D eigenvalue weighted by Crippen LogP contribution is 2.29. The van der Waals surface area contributed by atoms with Crippen LogP contribution < -0.4 is 5.32 Å². The van der Waals surface area contributed by atoms with E-state index in [0.29, 0.717) is 5.02 Å². The maximum Gasteiger partial charge on any atom is 0.0461 e. The highest BCUT2D eigenvalue weighted by Gasteiger charge is 2.03. The van der Waals surface area contributed by atoms with Crippen molar-refractivity contribution in [1.29, 1.82) is 0 Å². The molecule has 0 aliphatic carbocycles. The fourth-order valence-corrected chi connectivity index (χ4v) is 3.56. The Hall–Kier alpha value is -0.930. The molecule has 4 heteroatoms. The van der Waals surface area contributed by atoms with Gasteiger partial charge in [0, 0.05) is 27.2 Å². The first-order valence-corrected chi connectivity index (χ1v) is 9.39. The minimum Gasteiger partial charge on any atom is -0.314 e. The molecule has 0 unspecified atom stereocenters. The summed E-state index contributed by atoms with van der Waals surface area (Å²) in [5.41, 5.74) is 3.66. The minimum atomic E-state index is 0.674. The molecule has 0 atom stereocenters. The van der Waals surface area contributed by atoms with Crippen LogP contribution in [0.15, 0.2) is 53.4 Å². The molecule has 2 rings (SSSR count). The van der Waals surface area contributed by atoms with Gasteiger partial charge in [0.2, 0.25) is 0 Å². The Labute approximate surface area is 153 Å². The Morgan fingerprint density at radius 1 is 1.13 bits per heavy atom. The largest absolute Gasteiger partial charge is 0.314 e. The molecule has 2 aromatic rings. The Morgan fingerprint density at radius 3 is 2.52 bits per heavy atom. The van der Waals surface area contributed by atoms with Crippen molar-refractivity contribution >= 4 is 40.5 Å². The first-order chi connectivity index (χ1) is 11.1. The zero-order valence-electron chi connectivity index (χ0n) is 13.4. The maximum absolute atomic E-state index is 6.21. The molecule has 1 nitrogen and oxygen atoms in total. The van der Waals surface area contributed by atoms with E-state index >= 15 is 0 Å². The number of likely N-dealkylation sites (N-methyl/N-ethyl adjacent to an activating group) is 1. The lowest BCUT2D eigenvalue weighted by atomic mass is 10.1. The van der Waals surface area contributed by atoms with E-state index < -0.39 is 0 Å². The van der Waals surface area contributed by atoms with Crippen molar-refractivity contribution in [2.75, 3.05) is 13.1 Å². The normalized spacial score (nSPS) is 11.7. The molecule has 0 aliphatic rings. The Morgan fingerprint density at radius 2 is 1.87 bits per heavy atom. The highest BCUT2D eigenvalue weighted by atomic mass is 35.5. The van der Waals surface area contributed by atoms with Crippen molar-refractivity contribution in [3.8, 4) is 0 Å². The van der Waals surface area contributed by atoms with Crippen LogP contribution in [0.3, 0.4) is 0 Å². The monoisotopic (exact) mass is 365 g/mol. The second kappa shape index (κ2) is 9.39. The first kappa shape index (κ1) is 18.4. The van der Waals surface area contributed by atoms with Crippen molar-refractivity contribution in [2.24, 2.45) is 0 Å². The van der Waals surface area contributed by atoms with Crippen molar-refractivity contribution in [1.82, 2.24) is 5.32 Å². The molecule has 0 heterocycles. The molecule has 0 aliphatic heterocycles. The lowest BCUT2D eigenvalue weighted by Gasteiger charge is -2.07. The van der Waals surface area contributed by atoms with Gasteiger partial charge in [-0.2, -0.15) is 0 Å². The SMILES string of the molecule is CCNCC=C(C)c1ccc(SCc2ccc(Cl)cc2Cl)cc1. The molecule has 1 N–H and O–H groups in total. The molecule has 0 bridgehead atoms. The summed E-state index contributed by atoms with van der Waals surface area (Å²) in [5, 5.41) is 4.71. The lowest BCUT2D eigenvalue weighted by molar-refractivity contribution is 0.800. The van der Waals surface area contributed by atoms with E-state index in [4.69, 9.17) is 23.2 Å². The highest BCUT2D eigenvalue weighted by molar-refractivity contribution is 7.98. The van der Waals surface area contributed by atoms with Crippen molar-refractivity contribution in [3.05, 3.63) is 69.7 Å². The van der Waals surface area contributed by atoms with Crippen LogP contribution in [-0.2, 0) is 5.75 Å². The van der Waals surface area contributed by atoms with Gasteiger partial charge >= 0.3 is 0 Å². The Balaban J connectivity index is 1.96. The maximum atomic E-state index is 6.21. The number of rotatable bonds is 7. The molecule has 0 radical (unpaired) electrons. The summed E-state index contributed by atoms with van der Waals surface area (Å²) in [6, 6.07) is 14.3. The molecule has 0 saturated carbocycles. The van der Waals surface area contributed by atoms with Crippen molar-refractivity contribution < 1.29 is 0 Å². The average Bonchev–Trinajstić information content (AvgIpc) is 2.55. The number of hydrogen-bond donors (Lipinski definition) is 1. The molecule has 0 saturated heterocycles. The van der Waals surface area contributed by atoms with E-state index in [1.165, 1.54) is 16.0 Å². The zero-order valence-corrected chi connectivity index (χ0v) is 15.7. The van der Waals surface area contributed by atoms with E-state index in [9.17, 15) is 0 Å². The van der Waals surface area contributed by atoms with Gasteiger partial charge in [-0.3, -0.25) is 0 Å². The van der Waals surface area contributed by atoms with Crippen LogP contribution in [0.5, 0.6) is 0 Å². The third-order valence-corrected chi connectivity index (χ3v) is 5.17.